The van der Waals surface area contributed by atoms with Crippen LogP contribution in [0.15, 0.2) is 30.3 Å². The van der Waals surface area contributed by atoms with E-state index in [-0.39, 0.29) is 5.91 Å². The van der Waals surface area contributed by atoms with Gasteiger partial charge in [0.25, 0.3) is 0 Å². The van der Waals surface area contributed by atoms with E-state index in [2.05, 4.69) is 6.07 Å². The average molecular weight is 261 g/mol. The van der Waals surface area contributed by atoms with E-state index in [9.17, 15) is 4.79 Å². The van der Waals surface area contributed by atoms with Crippen molar-refractivity contribution in [2.45, 2.75) is 18.9 Å². The maximum Gasteiger partial charge on any atom is 0.228 e. The second kappa shape index (κ2) is 5.70. The molecule has 0 bridgehead atoms. The molecule has 0 aromatic heterocycles. The van der Waals surface area contributed by atoms with E-state index >= 15 is 0 Å². The highest BCUT2D eigenvalue weighted by Gasteiger charge is 2.27. The monoisotopic (exact) mass is 260 g/mol. The molecule has 0 radical (unpaired) electrons. The summed E-state index contributed by atoms with van der Waals surface area (Å²) < 4.78 is 0. The van der Waals surface area contributed by atoms with Gasteiger partial charge in [-0.25, -0.2) is 0 Å². The number of anilines is 1. The Labute approximate surface area is 111 Å². The minimum absolute atomic E-state index is 0.0565. The summed E-state index contributed by atoms with van der Waals surface area (Å²) in [7, 11) is 0. The van der Waals surface area contributed by atoms with Crippen molar-refractivity contribution in [2.75, 3.05) is 10.8 Å². The Kier molecular flexibility index (Phi) is 4.01. The first kappa shape index (κ1) is 12.7. The normalized spacial score (nSPS) is 17.1. The van der Waals surface area contributed by atoms with Gasteiger partial charge in [-0.2, -0.15) is 5.26 Å². The molecular weight excluding hydrogens is 248 g/mol. The highest BCUT2D eigenvalue weighted by Crippen LogP contribution is 2.29. The molecule has 0 fully saturated rings. The van der Waals surface area contributed by atoms with Gasteiger partial charge in [-0.05, 0) is 24.1 Å². The van der Waals surface area contributed by atoms with Crippen molar-refractivity contribution in [3.63, 3.8) is 0 Å². The van der Waals surface area contributed by atoms with Crippen LogP contribution in [0.1, 0.15) is 18.4 Å². The Hall–Kier alpha value is -1.79. The summed E-state index contributed by atoms with van der Waals surface area (Å²) in [6.45, 7) is 0. The third-order valence-corrected chi connectivity index (χ3v) is 3.13. The molecule has 3 nitrogen and oxygen atoms in total. The SMILES string of the molecule is N#CC1C=Cc2ccccc2N1C(=O)CCCCl. The lowest BCUT2D eigenvalue weighted by Crippen LogP contribution is -2.40. The van der Waals surface area contributed by atoms with Gasteiger partial charge in [-0.1, -0.05) is 24.3 Å². The van der Waals surface area contributed by atoms with Gasteiger partial charge in [0.2, 0.25) is 5.91 Å². The molecule has 0 N–H and O–H groups in total. The highest BCUT2D eigenvalue weighted by molar-refractivity contribution is 6.18. The number of rotatable bonds is 3. The van der Waals surface area contributed by atoms with Gasteiger partial charge in [0.15, 0.2) is 0 Å². The van der Waals surface area contributed by atoms with Crippen LogP contribution in [0.4, 0.5) is 5.69 Å². The van der Waals surface area contributed by atoms with E-state index in [1.807, 2.05) is 30.3 Å². The van der Waals surface area contributed by atoms with Gasteiger partial charge in [0.1, 0.15) is 6.04 Å². The number of hydrogen-bond donors (Lipinski definition) is 0. The molecule has 4 heteroatoms. The molecule has 0 spiro atoms. The van der Waals surface area contributed by atoms with Crippen molar-refractivity contribution in [1.29, 1.82) is 5.26 Å². The zero-order chi connectivity index (χ0) is 13.0. The van der Waals surface area contributed by atoms with E-state index in [0.29, 0.717) is 18.7 Å². The Balaban J connectivity index is 2.33. The van der Waals surface area contributed by atoms with Crippen LogP contribution in [0, 0.1) is 11.3 Å². The minimum Gasteiger partial charge on any atom is -0.292 e. The van der Waals surface area contributed by atoms with Crippen LogP contribution in [-0.4, -0.2) is 17.8 Å². The van der Waals surface area contributed by atoms with Crippen molar-refractivity contribution < 1.29 is 4.79 Å². The van der Waals surface area contributed by atoms with Crippen LogP contribution in [-0.2, 0) is 4.79 Å². The zero-order valence-corrected chi connectivity index (χ0v) is 10.6. The van der Waals surface area contributed by atoms with Crippen molar-refractivity contribution >= 4 is 29.3 Å². The lowest BCUT2D eigenvalue weighted by Gasteiger charge is -2.30. The average Bonchev–Trinajstić information content (AvgIpc) is 2.43. The molecule has 1 aromatic carbocycles. The number of para-hydroxylation sites is 1. The predicted octanol–water partition coefficient (Wildman–Crippen LogP) is 2.96. The molecule has 1 atom stereocenters. The fraction of sp³-hybridized carbons (Fsp3) is 0.286. The molecule has 0 aliphatic carbocycles. The van der Waals surface area contributed by atoms with Crippen LogP contribution >= 0.6 is 11.6 Å². The number of nitrogens with zero attached hydrogens (tertiary/aromatic N) is 2. The Bertz CT molecular complexity index is 519. The van der Waals surface area contributed by atoms with Crippen molar-refractivity contribution in [1.82, 2.24) is 0 Å². The number of hydrogen-bond acceptors (Lipinski definition) is 2. The van der Waals surface area contributed by atoms with E-state index in [0.717, 1.165) is 11.3 Å². The van der Waals surface area contributed by atoms with Gasteiger partial charge >= 0.3 is 0 Å². The maximum absolute atomic E-state index is 12.2. The van der Waals surface area contributed by atoms with E-state index in [4.69, 9.17) is 16.9 Å². The number of fused-ring (bicyclic) bond motifs is 1. The first-order chi connectivity index (χ1) is 8.77. The Morgan fingerprint density at radius 3 is 2.94 bits per heavy atom. The topological polar surface area (TPSA) is 44.1 Å². The van der Waals surface area contributed by atoms with Crippen LogP contribution in [0.3, 0.4) is 0 Å². The lowest BCUT2D eigenvalue weighted by atomic mass is 10.0. The second-order valence-corrected chi connectivity index (χ2v) is 4.43. The standard InChI is InChI=1S/C14H13ClN2O/c15-9-3-6-14(18)17-12(10-16)8-7-11-4-1-2-5-13(11)17/h1-2,4-5,7-8,12H,3,6,9H2. The smallest absolute Gasteiger partial charge is 0.228 e. The summed E-state index contributed by atoms with van der Waals surface area (Å²) in [5.41, 5.74) is 1.76. The summed E-state index contributed by atoms with van der Waals surface area (Å²) in [5.74, 6) is 0.396. The van der Waals surface area contributed by atoms with Gasteiger partial charge in [-0.15, -0.1) is 11.6 Å². The minimum atomic E-state index is -0.525. The summed E-state index contributed by atoms with van der Waals surface area (Å²) in [4.78, 5) is 13.7. The summed E-state index contributed by atoms with van der Waals surface area (Å²) in [6.07, 6.45) is 4.63. The third kappa shape index (κ3) is 2.39. The van der Waals surface area contributed by atoms with Gasteiger partial charge in [0, 0.05) is 12.3 Å². The van der Waals surface area contributed by atoms with Crippen LogP contribution in [0.25, 0.3) is 6.08 Å². The van der Waals surface area contributed by atoms with E-state index in [1.54, 1.807) is 11.0 Å². The lowest BCUT2D eigenvalue weighted by molar-refractivity contribution is -0.118. The molecule has 1 heterocycles. The zero-order valence-electron chi connectivity index (χ0n) is 9.84. The molecule has 92 valence electrons. The molecule has 0 saturated heterocycles. The highest BCUT2D eigenvalue weighted by atomic mass is 35.5. The Morgan fingerprint density at radius 2 is 2.22 bits per heavy atom. The summed E-state index contributed by atoms with van der Waals surface area (Å²) in [5, 5.41) is 9.14. The van der Waals surface area contributed by atoms with Crippen molar-refractivity contribution in [2.24, 2.45) is 0 Å². The van der Waals surface area contributed by atoms with Gasteiger partial charge < -0.3 is 0 Å². The Morgan fingerprint density at radius 1 is 1.44 bits per heavy atom. The molecule has 2 rings (SSSR count). The summed E-state index contributed by atoms with van der Waals surface area (Å²) in [6, 6.07) is 9.19. The van der Waals surface area contributed by atoms with Crippen LogP contribution < -0.4 is 4.90 Å². The maximum atomic E-state index is 12.2. The molecule has 1 aliphatic rings. The number of alkyl halides is 1. The molecule has 0 saturated carbocycles. The molecule has 1 aliphatic heterocycles. The number of benzene rings is 1. The van der Waals surface area contributed by atoms with E-state index < -0.39 is 6.04 Å². The number of nitriles is 1. The summed E-state index contributed by atoms with van der Waals surface area (Å²) >= 11 is 5.61. The molecule has 1 aromatic rings. The quantitative estimate of drug-likeness (QED) is 0.785. The first-order valence-corrected chi connectivity index (χ1v) is 6.36. The fourth-order valence-corrected chi connectivity index (χ4v) is 2.14. The fourth-order valence-electron chi connectivity index (χ4n) is 2.01. The number of amides is 1. The molecular formula is C14H13ClN2O. The van der Waals surface area contributed by atoms with Crippen LogP contribution in [0.5, 0.6) is 0 Å². The number of halogens is 1. The van der Waals surface area contributed by atoms with Gasteiger partial charge in [-0.3, -0.25) is 9.69 Å². The van der Waals surface area contributed by atoms with Gasteiger partial charge in [0.05, 0.1) is 11.8 Å². The predicted molar refractivity (Wildman–Crippen MR) is 72.3 cm³/mol. The number of carbonyl (C=O) groups excluding carboxylic acids is 1. The number of carbonyl (C=O) groups is 1. The van der Waals surface area contributed by atoms with Crippen LogP contribution in [0.2, 0.25) is 0 Å². The van der Waals surface area contributed by atoms with E-state index in [1.165, 1.54) is 0 Å². The molecule has 18 heavy (non-hydrogen) atoms. The molecule has 1 amide bonds. The third-order valence-electron chi connectivity index (χ3n) is 2.86. The largest absolute Gasteiger partial charge is 0.292 e. The van der Waals surface area contributed by atoms with Crippen molar-refractivity contribution in [3.8, 4) is 6.07 Å². The van der Waals surface area contributed by atoms with Crippen molar-refractivity contribution in [3.05, 3.63) is 35.9 Å². The molecule has 1 unspecified atom stereocenters. The second-order valence-electron chi connectivity index (χ2n) is 4.05. The first-order valence-electron chi connectivity index (χ1n) is 5.83.